The summed E-state index contributed by atoms with van der Waals surface area (Å²) in [6.45, 7) is 2.17. The first-order valence-corrected chi connectivity index (χ1v) is 10.5. The molecule has 0 atom stereocenters. The zero-order valence-electron chi connectivity index (χ0n) is 18.7. The first-order chi connectivity index (χ1) is 15.5. The lowest BCUT2D eigenvalue weighted by atomic mass is 10.0. The molecule has 2 aromatic carbocycles. The maximum absolute atomic E-state index is 12.9. The van der Waals surface area contributed by atoms with Crippen LogP contribution in [0.2, 0.25) is 0 Å². The summed E-state index contributed by atoms with van der Waals surface area (Å²) in [5.74, 6) is 1.04. The molecule has 1 heterocycles. The van der Waals surface area contributed by atoms with Crippen LogP contribution in [0.25, 0.3) is 0 Å². The zero-order chi connectivity index (χ0) is 23.1. The second kappa shape index (κ2) is 10.9. The number of rotatable bonds is 9. The molecule has 0 saturated carbocycles. The number of carbonyl (C=O) groups excluding carboxylic acids is 1. The number of nitro benzene ring substituents is 1. The normalized spacial score (nSPS) is 14.7. The summed E-state index contributed by atoms with van der Waals surface area (Å²) in [4.78, 5) is 27.6. The average Bonchev–Trinajstić information content (AvgIpc) is 2.80. The van der Waals surface area contributed by atoms with E-state index in [1.807, 2.05) is 18.2 Å². The fraction of sp³-hybridized carbons (Fsp3) is 0.435. The van der Waals surface area contributed by atoms with Crippen LogP contribution in [-0.2, 0) is 16.1 Å². The lowest BCUT2D eigenvalue weighted by Gasteiger charge is -2.38. The summed E-state index contributed by atoms with van der Waals surface area (Å²) in [6.07, 6.45) is 1.55. The van der Waals surface area contributed by atoms with E-state index in [4.69, 9.17) is 14.2 Å². The maximum atomic E-state index is 12.9. The summed E-state index contributed by atoms with van der Waals surface area (Å²) in [6, 6.07) is 12.2. The predicted octanol–water partition coefficient (Wildman–Crippen LogP) is 3.26. The molecule has 0 aliphatic carbocycles. The van der Waals surface area contributed by atoms with E-state index in [9.17, 15) is 14.9 Å². The molecule has 9 heteroatoms. The number of hydrogen-bond acceptors (Lipinski definition) is 7. The molecule has 3 rings (SSSR count). The van der Waals surface area contributed by atoms with Crippen LogP contribution in [-0.4, -0.2) is 62.8 Å². The summed E-state index contributed by atoms with van der Waals surface area (Å²) >= 11 is 0. The van der Waals surface area contributed by atoms with Gasteiger partial charge in [-0.2, -0.15) is 0 Å². The first kappa shape index (κ1) is 23.5. The third kappa shape index (κ3) is 5.54. The molecular formula is C23H29N3O6. The number of non-ortho nitro benzene ring substituents is 1. The van der Waals surface area contributed by atoms with Gasteiger partial charge in [0.1, 0.15) is 6.61 Å². The molecule has 0 bridgehead atoms. The molecule has 1 aliphatic rings. The molecule has 0 unspecified atom stereocenters. The van der Waals surface area contributed by atoms with Crippen molar-refractivity contribution < 1.29 is 23.9 Å². The van der Waals surface area contributed by atoms with E-state index in [1.54, 1.807) is 37.3 Å². The number of hydrogen-bond donors (Lipinski definition) is 0. The van der Waals surface area contributed by atoms with Gasteiger partial charge in [0.25, 0.3) is 11.6 Å². The Bertz CT molecular complexity index is 943. The van der Waals surface area contributed by atoms with Crippen molar-refractivity contribution in [1.82, 2.24) is 4.90 Å². The van der Waals surface area contributed by atoms with Gasteiger partial charge in [0.2, 0.25) is 0 Å². The fourth-order valence-corrected chi connectivity index (χ4v) is 4.09. The summed E-state index contributed by atoms with van der Waals surface area (Å²) in [5.41, 5.74) is 1.74. The third-order valence-electron chi connectivity index (χ3n) is 5.63. The van der Waals surface area contributed by atoms with Gasteiger partial charge in [-0.3, -0.25) is 19.8 Å². The number of anilines is 1. The topological polar surface area (TPSA) is 94.4 Å². The molecular weight excluding hydrogens is 414 g/mol. The van der Waals surface area contributed by atoms with Crippen LogP contribution in [0, 0.1) is 10.1 Å². The first-order valence-electron chi connectivity index (χ1n) is 10.5. The van der Waals surface area contributed by atoms with Gasteiger partial charge < -0.3 is 19.1 Å². The smallest absolute Gasteiger partial charge is 0.269 e. The zero-order valence-corrected chi connectivity index (χ0v) is 18.7. The molecule has 9 nitrogen and oxygen atoms in total. The number of carbonyl (C=O) groups is 1. The van der Waals surface area contributed by atoms with Gasteiger partial charge >= 0.3 is 0 Å². The Morgan fingerprint density at radius 2 is 1.81 bits per heavy atom. The number of likely N-dealkylation sites (tertiary alicyclic amines) is 1. The second-order valence-corrected chi connectivity index (χ2v) is 7.67. The van der Waals surface area contributed by atoms with Crippen molar-refractivity contribution in [2.24, 2.45) is 0 Å². The van der Waals surface area contributed by atoms with E-state index in [1.165, 1.54) is 13.2 Å². The molecule has 0 radical (unpaired) electrons. The second-order valence-electron chi connectivity index (χ2n) is 7.67. The average molecular weight is 444 g/mol. The number of amides is 1. The highest BCUT2D eigenvalue weighted by Crippen LogP contribution is 2.34. The number of benzene rings is 2. The Labute approximate surface area is 187 Å². The Balaban J connectivity index is 1.72. The van der Waals surface area contributed by atoms with Gasteiger partial charge in [0.15, 0.2) is 11.5 Å². The van der Waals surface area contributed by atoms with Crippen LogP contribution in [0.15, 0.2) is 42.5 Å². The van der Waals surface area contributed by atoms with Crippen LogP contribution < -0.4 is 14.4 Å². The Morgan fingerprint density at radius 1 is 1.09 bits per heavy atom. The fourth-order valence-electron chi connectivity index (χ4n) is 4.09. The number of nitro groups is 1. The van der Waals surface area contributed by atoms with Crippen molar-refractivity contribution in [3.8, 4) is 11.5 Å². The Morgan fingerprint density at radius 3 is 2.44 bits per heavy atom. The van der Waals surface area contributed by atoms with E-state index >= 15 is 0 Å². The number of ether oxygens (including phenoxy) is 3. The van der Waals surface area contributed by atoms with Gasteiger partial charge in [-0.1, -0.05) is 12.1 Å². The van der Waals surface area contributed by atoms with Crippen LogP contribution in [0.1, 0.15) is 18.4 Å². The van der Waals surface area contributed by atoms with Crippen molar-refractivity contribution >= 4 is 17.3 Å². The number of piperidine rings is 1. The molecule has 1 fully saturated rings. The van der Waals surface area contributed by atoms with Crippen LogP contribution in [0.4, 0.5) is 11.4 Å². The third-order valence-corrected chi connectivity index (χ3v) is 5.63. The van der Waals surface area contributed by atoms with Crippen molar-refractivity contribution in [2.75, 3.05) is 45.9 Å². The van der Waals surface area contributed by atoms with Crippen molar-refractivity contribution in [1.29, 1.82) is 0 Å². The van der Waals surface area contributed by atoms with Crippen LogP contribution in [0.3, 0.4) is 0 Å². The lowest BCUT2D eigenvalue weighted by molar-refractivity contribution is -0.384. The summed E-state index contributed by atoms with van der Waals surface area (Å²) in [7, 11) is 4.64. The van der Waals surface area contributed by atoms with Gasteiger partial charge in [0, 0.05) is 56.7 Å². The van der Waals surface area contributed by atoms with Crippen molar-refractivity contribution in [3.63, 3.8) is 0 Å². The Kier molecular flexibility index (Phi) is 8.02. The number of nitrogens with zero attached hydrogens (tertiary/aromatic N) is 3. The largest absolute Gasteiger partial charge is 0.493 e. The molecule has 2 aromatic rings. The minimum Gasteiger partial charge on any atom is -0.493 e. The van der Waals surface area contributed by atoms with E-state index in [0.29, 0.717) is 18.0 Å². The van der Waals surface area contributed by atoms with Crippen molar-refractivity contribution in [3.05, 3.63) is 58.1 Å². The molecule has 1 saturated heterocycles. The lowest BCUT2D eigenvalue weighted by Crippen LogP contribution is -2.48. The van der Waals surface area contributed by atoms with Crippen LogP contribution in [0.5, 0.6) is 11.5 Å². The van der Waals surface area contributed by atoms with E-state index in [2.05, 4.69) is 4.90 Å². The highest BCUT2D eigenvalue weighted by Gasteiger charge is 2.30. The van der Waals surface area contributed by atoms with E-state index in [0.717, 1.165) is 37.2 Å². The highest BCUT2D eigenvalue weighted by molar-refractivity contribution is 5.95. The molecule has 172 valence electrons. The van der Waals surface area contributed by atoms with Crippen molar-refractivity contribution in [2.45, 2.75) is 25.4 Å². The minimum absolute atomic E-state index is 0.0112. The van der Waals surface area contributed by atoms with Gasteiger partial charge in [-0.15, -0.1) is 0 Å². The molecule has 1 amide bonds. The van der Waals surface area contributed by atoms with E-state index < -0.39 is 0 Å². The Hall–Kier alpha value is -3.17. The predicted molar refractivity (Wildman–Crippen MR) is 120 cm³/mol. The van der Waals surface area contributed by atoms with Gasteiger partial charge in [0.05, 0.1) is 19.1 Å². The standard InChI is InChI=1S/C23H29N3O6/c1-30-16-23(27)25(19-7-8-21(31-2)22(14-19)32-3)18-9-11-24(12-10-18)15-17-5-4-6-20(13-17)26(28)29/h4-8,13-14,18H,9-12,15-16H2,1-3H3. The minimum atomic E-state index is -0.377. The highest BCUT2D eigenvalue weighted by atomic mass is 16.6. The molecule has 0 N–H and O–H groups in total. The molecule has 32 heavy (non-hydrogen) atoms. The number of methoxy groups -OCH3 is 3. The SMILES string of the molecule is COCC(=O)N(c1ccc(OC)c(OC)c1)C1CCN(Cc2cccc([N+](=O)[O-])c2)CC1. The quantitative estimate of drug-likeness (QED) is 0.434. The molecule has 0 aromatic heterocycles. The molecule has 1 aliphatic heterocycles. The molecule has 0 spiro atoms. The monoisotopic (exact) mass is 443 g/mol. The summed E-state index contributed by atoms with van der Waals surface area (Å²) < 4.78 is 15.8. The maximum Gasteiger partial charge on any atom is 0.269 e. The van der Waals surface area contributed by atoms with E-state index in [-0.39, 0.29) is 29.2 Å². The summed E-state index contributed by atoms with van der Waals surface area (Å²) in [5, 5.41) is 11.0. The van der Waals surface area contributed by atoms with Gasteiger partial charge in [-0.25, -0.2) is 0 Å². The van der Waals surface area contributed by atoms with Crippen LogP contribution >= 0.6 is 0 Å². The van der Waals surface area contributed by atoms with Gasteiger partial charge in [-0.05, 0) is 30.5 Å².